The van der Waals surface area contributed by atoms with Crippen molar-refractivity contribution in [2.45, 2.75) is 6.92 Å². The van der Waals surface area contributed by atoms with E-state index in [-0.39, 0.29) is 17.3 Å². The van der Waals surface area contributed by atoms with Gasteiger partial charge in [-0.3, -0.25) is 9.78 Å². The van der Waals surface area contributed by atoms with E-state index in [0.29, 0.717) is 23.3 Å². The number of ether oxygens (including phenoxy) is 1. The molecule has 0 radical (unpaired) electrons. The zero-order chi connectivity index (χ0) is 16.9. The predicted molar refractivity (Wildman–Crippen MR) is 92.9 cm³/mol. The summed E-state index contributed by atoms with van der Waals surface area (Å²) in [4.78, 5) is 18.9. The van der Waals surface area contributed by atoms with E-state index >= 15 is 0 Å². The number of aromatic hydroxyl groups is 1. The summed E-state index contributed by atoms with van der Waals surface area (Å²) < 4.78 is 5.31. The lowest BCUT2D eigenvalue weighted by molar-refractivity contribution is 0.318. The average Bonchev–Trinajstić information content (AvgIpc) is 2.58. The number of nitrogens with one attached hydrogen (secondary N) is 2. The van der Waals surface area contributed by atoms with Crippen molar-refractivity contribution in [3.05, 3.63) is 58.4 Å². The lowest BCUT2D eigenvalue weighted by Gasteiger charge is -2.06. The van der Waals surface area contributed by atoms with E-state index in [4.69, 9.17) is 4.74 Å². The molecule has 0 fully saturated rings. The lowest BCUT2D eigenvalue weighted by Crippen LogP contribution is -2.10. The largest absolute Gasteiger partial charge is 0.504 e. The highest BCUT2D eigenvalue weighted by atomic mass is 16.5. The van der Waals surface area contributed by atoms with Crippen LogP contribution in [0.3, 0.4) is 0 Å². The predicted octanol–water partition coefficient (Wildman–Crippen LogP) is 2.47. The van der Waals surface area contributed by atoms with Crippen LogP contribution >= 0.6 is 0 Å². The molecular formula is C17H16N4O3. The van der Waals surface area contributed by atoms with Crippen LogP contribution < -0.4 is 15.7 Å². The van der Waals surface area contributed by atoms with Crippen molar-refractivity contribution in [1.82, 2.24) is 9.97 Å². The van der Waals surface area contributed by atoms with Gasteiger partial charge in [-0.1, -0.05) is 12.1 Å². The van der Waals surface area contributed by atoms with Gasteiger partial charge >= 0.3 is 0 Å². The maximum Gasteiger partial charge on any atom is 0.260 e. The van der Waals surface area contributed by atoms with Crippen LogP contribution in [0.4, 0.5) is 5.95 Å². The molecule has 0 spiro atoms. The molecule has 3 aromatic rings. The number of hydrogen-bond donors (Lipinski definition) is 3. The molecule has 1 heterocycles. The van der Waals surface area contributed by atoms with Gasteiger partial charge in [0.2, 0.25) is 5.95 Å². The number of phenolic OH excluding ortho intramolecular Hbond substituents is 1. The number of hydrogen-bond acceptors (Lipinski definition) is 6. The van der Waals surface area contributed by atoms with Gasteiger partial charge in [0.1, 0.15) is 0 Å². The first-order valence-electron chi connectivity index (χ1n) is 7.41. The van der Waals surface area contributed by atoms with Crippen LogP contribution in [0.2, 0.25) is 0 Å². The summed E-state index contributed by atoms with van der Waals surface area (Å²) in [5, 5.41) is 14.2. The third-order valence-electron chi connectivity index (χ3n) is 3.28. The molecule has 24 heavy (non-hydrogen) atoms. The standard InChI is InChI=1S/C17H16N4O3/c1-2-24-15-9-11(7-8-14(15)22)10-18-21-17-19-13-6-4-3-5-12(13)16(23)20-17/h3-10,22H,2H2,1H3,(H2,19,20,21,23)/b18-10+. The van der Waals surface area contributed by atoms with E-state index in [0.717, 1.165) is 5.56 Å². The molecule has 0 atom stereocenters. The first-order valence-corrected chi connectivity index (χ1v) is 7.41. The van der Waals surface area contributed by atoms with Crippen LogP contribution in [0.5, 0.6) is 11.5 Å². The number of rotatable bonds is 5. The highest BCUT2D eigenvalue weighted by Gasteiger charge is 2.03. The van der Waals surface area contributed by atoms with Crippen molar-refractivity contribution in [3.63, 3.8) is 0 Å². The van der Waals surface area contributed by atoms with Gasteiger partial charge in [0, 0.05) is 0 Å². The Kier molecular flexibility index (Phi) is 4.42. The Morgan fingerprint density at radius 2 is 2.17 bits per heavy atom. The Bertz CT molecular complexity index is 950. The molecule has 0 saturated heterocycles. The maximum absolute atomic E-state index is 12.0. The maximum atomic E-state index is 12.0. The van der Waals surface area contributed by atoms with Gasteiger partial charge in [-0.05, 0) is 42.8 Å². The Morgan fingerprint density at radius 1 is 1.33 bits per heavy atom. The average molecular weight is 324 g/mol. The van der Waals surface area contributed by atoms with E-state index in [2.05, 4.69) is 20.5 Å². The number of aromatic amines is 1. The minimum absolute atomic E-state index is 0.0717. The molecule has 3 rings (SSSR count). The molecule has 0 aliphatic rings. The SMILES string of the molecule is CCOc1cc(/C=N/Nc2nc3ccccc3c(=O)[nH]2)ccc1O. The third kappa shape index (κ3) is 3.35. The number of H-pyrrole nitrogens is 1. The van der Waals surface area contributed by atoms with E-state index in [9.17, 15) is 9.90 Å². The molecule has 0 unspecified atom stereocenters. The van der Waals surface area contributed by atoms with Crippen LogP contribution in [0, 0.1) is 0 Å². The lowest BCUT2D eigenvalue weighted by atomic mass is 10.2. The highest BCUT2D eigenvalue weighted by molar-refractivity contribution is 5.82. The Labute approximate surface area is 137 Å². The summed E-state index contributed by atoms with van der Waals surface area (Å²) in [6.45, 7) is 2.29. The van der Waals surface area contributed by atoms with E-state index in [1.165, 1.54) is 12.3 Å². The van der Waals surface area contributed by atoms with Gasteiger partial charge in [0.05, 0.1) is 23.7 Å². The number of benzene rings is 2. The number of hydrazone groups is 1. The summed E-state index contributed by atoms with van der Waals surface area (Å²) in [7, 11) is 0. The second-order valence-electron chi connectivity index (χ2n) is 4.96. The molecule has 0 amide bonds. The number of para-hydroxylation sites is 1. The minimum atomic E-state index is -0.235. The number of aromatic nitrogens is 2. The Hall–Kier alpha value is -3.35. The molecule has 0 saturated carbocycles. The van der Waals surface area contributed by atoms with Gasteiger partial charge in [0.15, 0.2) is 11.5 Å². The number of phenols is 1. The molecule has 0 aliphatic heterocycles. The van der Waals surface area contributed by atoms with Crippen LogP contribution in [0.25, 0.3) is 10.9 Å². The zero-order valence-corrected chi connectivity index (χ0v) is 13.0. The van der Waals surface area contributed by atoms with Crippen molar-refractivity contribution in [1.29, 1.82) is 0 Å². The Morgan fingerprint density at radius 3 is 3.00 bits per heavy atom. The van der Waals surface area contributed by atoms with Gasteiger partial charge in [0.25, 0.3) is 5.56 Å². The topological polar surface area (TPSA) is 99.6 Å². The van der Waals surface area contributed by atoms with Crippen LogP contribution in [0.1, 0.15) is 12.5 Å². The quantitative estimate of drug-likeness (QED) is 0.494. The normalized spacial score (nSPS) is 11.0. The molecule has 2 aromatic carbocycles. The first-order chi connectivity index (χ1) is 11.7. The molecular weight excluding hydrogens is 308 g/mol. The van der Waals surface area contributed by atoms with Crippen molar-refractivity contribution in [3.8, 4) is 11.5 Å². The summed E-state index contributed by atoms with van der Waals surface area (Å²) in [6.07, 6.45) is 1.54. The van der Waals surface area contributed by atoms with Crippen molar-refractivity contribution >= 4 is 23.1 Å². The van der Waals surface area contributed by atoms with E-state index < -0.39 is 0 Å². The molecule has 0 bridgehead atoms. The van der Waals surface area contributed by atoms with Crippen molar-refractivity contribution in [2.75, 3.05) is 12.0 Å². The van der Waals surface area contributed by atoms with Gasteiger partial charge in [-0.15, -0.1) is 0 Å². The second kappa shape index (κ2) is 6.82. The smallest absolute Gasteiger partial charge is 0.260 e. The van der Waals surface area contributed by atoms with Gasteiger partial charge < -0.3 is 9.84 Å². The fraction of sp³-hybridized carbons (Fsp3) is 0.118. The summed E-state index contributed by atoms with van der Waals surface area (Å²) in [5.74, 6) is 0.708. The van der Waals surface area contributed by atoms with E-state index in [1.54, 1.807) is 30.3 Å². The third-order valence-corrected chi connectivity index (χ3v) is 3.28. The van der Waals surface area contributed by atoms with Crippen LogP contribution in [0.15, 0.2) is 52.4 Å². The number of nitrogens with zero attached hydrogens (tertiary/aromatic N) is 2. The zero-order valence-electron chi connectivity index (χ0n) is 13.0. The number of anilines is 1. The van der Waals surface area contributed by atoms with Crippen molar-refractivity contribution in [2.24, 2.45) is 5.10 Å². The van der Waals surface area contributed by atoms with Crippen LogP contribution in [-0.2, 0) is 0 Å². The van der Waals surface area contributed by atoms with E-state index in [1.807, 2.05) is 13.0 Å². The van der Waals surface area contributed by atoms with Gasteiger partial charge in [-0.2, -0.15) is 5.10 Å². The second-order valence-corrected chi connectivity index (χ2v) is 4.96. The highest BCUT2D eigenvalue weighted by Crippen LogP contribution is 2.26. The van der Waals surface area contributed by atoms with Gasteiger partial charge in [-0.25, -0.2) is 10.4 Å². The van der Waals surface area contributed by atoms with Crippen molar-refractivity contribution < 1.29 is 9.84 Å². The number of fused-ring (bicyclic) bond motifs is 1. The minimum Gasteiger partial charge on any atom is -0.504 e. The summed E-state index contributed by atoms with van der Waals surface area (Å²) >= 11 is 0. The monoisotopic (exact) mass is 324 g/mol. The molecule has 3 N–H and O–H groups in total. The molecule has 7 nitrogen and oxygen atoms in total. The summed E-state index contributed by atoms with van der Waals surface area (Å²) in [6, 6.07) is 12.0. The van der Waals surface area contributed by atoms with Crippen LogP contribution in [-0.4, -0.2) is 27.9 Å². The molecule has 0 aliphatic carbocycles. The summed E-state index contributed by atoms with van der Waals surface area (Å²) in [5.41, 5.74) is 3.77. The molecule has 1 aromatic heterocycles. The molecule has 7 heteroatoms. The first kappa shape index (κ1) is 15.5. The fourth-order valence-corrected chi connectivity index (χ4v) is 2.19. The fourth-order valence-electron chi connectivity index (χ4n) is 2.19. The molecule has 122 valence electrons. The Balaban J connectivity index is 1.79.